The third kappa shape index (κ3) is 4.25. The highest BCUT2D eigenvalue weighted by Gasteiger charge is 2.22. The molecule has 0 saturated carbocycles. The van der Waals surface area contributed by atoms with E-state index in [9.17, 15) is 14.4 Å². The number of methoxy groups -OCH3 is 1. The molecule has 1 unspecified atom stereocenters. The zero-order chi connectivity index (χ0) is 20.1. The molecule has 146 valence electrons. The SMILES string of the molecule is COC(=O)C(Cc1ccccc1)NC(=O)CCc1c(C)nc2nc[nH]n2c1=O. The molecular weight excluding hydrogens is 362 g/mol. The molecule has 1 aromatic carbocycles. The molecular formula is C19H21N5O4. The quantitative estimate of drug-likeness (QED) is 0.576. The summed E-state index contributed by atoms with van der Waals surface area (Å²) in [5, 5.41) is 5.39. The highest BCUT2D eigenvalue weighted by molar-refractivity contribution is 5.84. The Bertz CT molecular complexity index is 1040. The fraction of sp³-hybridized carbons (Fsp3) is 0.316. The van der Waals surface area contributed by atoms with Crippen molar-refractivity contribution >= 4 is 17.7 Å². The predicted molar refractivity (Wildman–Crippen MR) is 101 cm³/mol. The number of hydrogen-bond donors (Lipinski definition) is 2. The number of nitrogens with one attached hydrogen (secondary N) is 2. The van der Waals surface area contributed by atoms with E-state index in [4.69, 9.17) is 4.74 Å². The number of ether oxygens (including phenoxy) is 1. The standard InChI is InChI=1S/C19H21N5O4/c1-12-14(17(26)24-19(22-12)20-11-21-24)8-9-16(25)23-15(18(27)28-2)10-13-6-4-3-5-7-13/h3-7,11,15H,8-10H2,1-2H3,(H,23,25)(H,20,21,22). The molecule has 0 spiro atoms. The molecule has 0 aliphatic rings. The summed E-state index contributed by atoms with van der Waals surface area (Å²) in [4.78, 5) is 45.1. The summed E-state index contributed by atoms with van der Waals surface area (Å²) < 4.78 is 6.03. The number of benzene rings is 1. The number of fused-ring (bicyclic) bond motifs is 1. The van der Waals surface area contributed by atoms with E-state index in [2.05, 4.69) is 20.4 Å². The van der Waals surface area contributed by atoms with Crippen molar-refractivity contribution in [2.24, 2.45) is 0 Å². The molecule has 0 bridgehead atoms. The van der Waals surface area contributed by atoms with Gasteiger partial charge in [-0.1, -0.05) is 30.3 Å². The Kier molecular flexibility index (Phi) is 5.83. The maximum atomic E-state index is 12.5. The lowest BCUT2D eigenvalue weighted by molar-refractivity contribution is -0.145. The van der Waals surface area contributed by atoms with Crippen molar-refractivity contribution in [3.05, 3.63) is 63.8 Å². The van der Waals surface area contributed by atoms with Crippen LogP contribution >= 0.6 is 0 Å². The molecule has 0 fully saturated rings. The van der Waals surface area contributed by atoms with Gasteiger partial charge in [0.15, 0.2) is 0 Å². The molecule has 2 N–H and O–H groups in total. The number of aromatic nitrogens is 4. The van der Waals surface area contributed by atoms with Crippen molar-refractivity contribution in [1.82, 2.24) is 24.9 Å². The summed E-state index contributed by atoms with van der Waals surface area (Å²) in [7, 11) is 1.28. The van der Waals surface area contributed by atoms with Gasteiger partial charge in [-0.15, -0.1) is 0 Å². The molecule has 2 heterocycles. The molecule has 9 nitrogen and oxygen atoms in total. The minimum Gasteiger partial charge on any atom is -0.467 e. The Morgan fingerprint density at radius 1 is 1.29 bits per heavy atom. The van der Waals surface area contributed by atoms with Crippen LogP contribution in [0.3, 0.4) is 0 Å². The van der Waals surface area contributed by atoms with Crippen LogP contribution in [-0.2, 0) is 27.2 Å². The topological polar surface area (TPSA) is 118 Å². The number of carbonyl (C=O) groups is 2. The van der Waals surface area contributed by atoms with E-state index < -0.39 is 12.0 Å². The van der Waals surface area contributed by atoms with Crippen LogP contribution in [-0.4, -0.2) is 44.6 Å². The average molecular weight is 383 g/mol. The summed E-state index contributed by atoms with van der Waals surface area (Å²) in [6, 6.07) is 8.55. The molecule has 9 heteroatoms. The van der Waals surface area contributed by atoms with Crippen molar-refractivity contribution in [3.8, 4) is 0 Å². The maximum absolute atomic E-state index is 12.5. The van der Waals surface area contributed by atoms with Gasteiger partial charge >= 0.3 is 5.97 Å². The molecule has 0 aliphatic heterocycles. The zero-order valence-corrected chi connectivity index (χ0v) is 15.6. The lowest BCUT2D eigenvalue weighted by Gasteiger charge is -2.16. The summed E-state index contributed by atoms with van der Waals surface area (Å²) >= 11 is 0. The van der Waals surface area contributed by atoms with Gasteiger partial charge in [-0.3, -0.25) is 14.7 Å². The Hall–Kier alpha value is -3.49. The van der Waals surface area contributed by atoms with Crippen LogP contribution in [0.5, 0.6) is 0 Å². The Morgan fingerprint density at radius 3 is 2.75 bits per heavy atom. The highest BCUT2D eigenvalue weighted by Crippen LogP contribution is 2.07. The number of esters is 1. The van der Waals surface area contributed by atoms with Gasteiger partial charge in [0.05, 0.1) is 12.8 Å². The smallest absolute Gasteiger partial charge is 0.328 e. The number of aryl methyl sites for hydroxylation is 1. The summed E-state index contributed by atoms with van der Waals surface area (Å²) in [5.74, 6) is -0.585. The minimum absolute atomic E-state index is 0.0419. The van der Waals surface area contributed by atoms with Crippen LogP contribution in [0.25, 0.3) is 5.78 Å². The van der Waals surface area contributed by atoms with E-state index in [0.29, 0.717) is 17.7 Å². The first-order valence-electron chi connectivity index (χ1n) is 8.82. The van der Waals surface area contributed by atoms with Crippen LogP contribution < -0.4 is 10.9 Å². The molecule has 1 amide bonds. The van der Waals surface area contributed by atoms with E-state index >= 15 is 0 Å². The Morgan fingerprint density at radius 2 is 2.04 bits per heavy atom. The van der Waals surface area contributed by atoms with Gasteiger partial charge in [0.1, 0.15) is 12.4 Å². The number of amides is 1. The van der Waals surface area contributed by atoms with Gasteiger partial charge in [0, 0.05) is 18.4 Å². The van der Waals surface area contributed by atoms with Crippen LogP contribution in [0.2, 0.25) is 0 Å². The first-order chi connectivity index (χ1) is 13.5. The van der Waals surface area contributed by atoms with Crippen molar-refractivity contribution < 1.29 is 14.3 Å². The molecule has 28 heavy (non-hydrogen) atoms. The van der Waals surface area contributed by atoms with Gasteiger partial charge < -0.3 is 10.1 Å². The monoisotopic (exact) mass is 383 g/mol. The number of nitrogens with zero attached hydrogens (tertiary/aromatic N) is 3. The normalized spacial score (nSPS) is 11.9. The third-order valence-corrected chi connectivity index (χ3v) is 4.44. The van der Waals surface area contributed by atoms with Crippen LogP contribution in [0, 0.1) is 6.92 Å². The lowest BCUT2D eigenvalue weighted by Crippen LogP contribution is -2.43. The first-order valence-corrected chi connectivity index (χ1v) is 8.82. The number of aromatic amines is 1. The van der Waals surface area contributed by atoms with Crippen LogP contribution in [0.4, 0.5) is 0 Å². The van der Waals surface area contributed by atoms with E-state index in [1.54, 1.807) is 6.92 Å². The second-order valence-electron chi connectivity index (χ2n) is 6.34. The number of hydrogen-bond acceptors (Lipinski definition) is 6. The van der Waals surface area contributed by atoms with Gasteiger partial charge in [-0.25, -0.2) is 14.8 Å². The summed E-state index contributed by atoms with van der Waals surface area (Å²) in [6.45, 7) is 1.70. The lowest BCUT2D eigenvalue weighted by atomic mass is 10.1. The molecule has 3 rings (SSSR count). The number of H-pyrrole nitrogens is 1. The number of carbonyl (C=O) groups excluding carboxylic acids is 2. The molecule has 2 aromatic heterocycles. The molecule has 0 radical (unpaired) electrons. The van der Waals surface area contributed by atoms with Gasteiger partial charge in [0.25, 0.3) is 11.3 Å². The fourth-order valence-electron chi connectivity index (χ4n) is 2.97. The molecule has 1 atom stereocenters. The molecule has 0 saturated heterocycles. The molecule has 0 aliphatic carbocycles. The highest BCUT2D eigenvalue weighted by atomic mass is 16.5. The summed E-state index contributed by atoms with van der Waals surface area (Å²) in [6.07, 6.45) is 1.94. The van der Waals surface area contributed by atoms with Gasteiger partial charge in [-0.05, 0) is 18.9 Å². The minimum atomic E-state index is -0.796. The fourth-order valence-corrected chi connectivity index (χ4v) is 2.97. The zero-order valence-electron chi connectivity index (χ0n) is 15.6. The Balaban J connectivity index is 1.68. The predicted octanol–water partition coefficient (Wildman–Crippen LogP) is 0.559. The maximum Gasteiger partial charge on any atom is 0.328 e. The second kappa shape index (κ2) is 8.47. The second-order valence-corrected chi connectivity index (χ2v) is 6.34. The number of rotatable bonds is 7. The van der Waals surface area contributed by atoms with Crippen molar-refractivity contribution in [3.63, 3.8) is 0 Å². The van der Waals surface area contributed by atoms with Crippen molar-refractivity contribution in [2.45, 2.75) is 32.2 Å². The van der Waals surface area contributed by atoms with Crippen molar-refractivity contribution in [2.75, 3.05) is 7.11 Å². The first kappa shape index (κ1) is 19.3. The Labute approximate surface area is 160 Å². The summed E-state index contributed by atoms with van der Waals surface area (Å²) in [5.41, 5.74) is 1.57. The van der Waals surface area contributed by atoms with E-state index in [1.165, 1.54) is 18.0 Å². The van der Waals surface area contributed by atoms with Crippen LogP contribution in [0.1, 0.15) is 23.2 Å². The third-order valence-electron chi connectivity index (χ3n) is 4.44. The van der Waals surface area contributed by atoms with Gasteiger partial charge in [0.2, 0.25) is 5.91 Å². The van der Waals surface area contributed by atoms with E-state index in [1.807, 2.05) is 30.3 Å². The average Bonchev–Trinajstić information content (AvgIpc) is 3.16. The van der Waals surface area contributed by atoms with Gasteiger partial charge in [-0.2, -0.15) is 4.52 Å². The van der Waals surface area contributed by atoms with E-state index in [-0.39, 0.29) is 30.1 Å². The van der Waals surface area contributed by atoms with Crippen LogP contribution in [0.15, 0.2) is 41.5 Å². The largest absolute Gasteiger partial charge is 0.467 e. The van der Waals surface area contributed by atoms with Crippen molar-refractivity contribution in [1.29, 1.82) is 0 Å². The van der Waals surface area contributed by atoms with E-state index in [0.717, 1.165) is 5.56 Å². The molecule has 3 aromatic rings.